The molecule has 13 heavy (non-hydrogen) atoms. The van der Waals surface area contributed by atoms with Gasteiger partial charge in [-0.2, -0.15) is 0 Å². The summed E-state index contributed by atoms with van der Waals surface area (Å²) in [6.45, 7) is 9.91. The summed E-state index contributed by atoms with van der Waals surface area (Å²) >= 11 is 0. The summed E-state index contributed by atoms with van der Waals surface area (Å²) in [7, 11) is 0. The molecule has 4 atom stereocenters. The van der Waals surface area contributed by atoms with Crippen molar-refractivity contribution in [2.24, 2.45) is 29.1 Å². The lowest BCUT2D eigenvalue weighted by molar-refractivity contribution is -0.0137. The van der Waals surface area contributed by atoms with Crippen LogP contribution in [-0.2, 0) is 0 Å². The zero-order chi connectivity index (χ0) is 9.64. The van der Waals surface area contributed by atoms with Gasteiger partial charge in [0.1, 0.15) is 0 Å². The standard InChI is InChI=1S/C13H24/c1-9-5-11-7-10(2)13(3,4)12(6-9)8-11/h9-12H,5-8H2,1-4H3. The highest BCUT2D eigenvalue weighted by molar-refractivity contribution is 4.94. The topological polar surface area (TPSA) is 0 Å². The number of fused-ring (bicyclic) bond motifs is 2. The van der Waals surface area contributed by atoms with Gasteiger partial charge in [0, 0.05) is 0 Å². The zero-order valence-electron chi connectivity index (χ0n) is 9.64. The summed E-state index contributed by atoms with van der Waals surface area (Å²) < 4.78 is 0. The van der Waals surface area contributed by atoms with Crippen LogP contribution in [0.2, 0.25) is 0 Å². The van der Waals surface area contributed by atoms with Crippen molar-refractivity contribution >= 4 is 0 Å². The molecule has 4 unspecified atom stereocenters. The Morgan fingerprint density at radius 3 is 2.31 bits per heavy atom. The summed E-state index contributed by atoms with van der Waals surface area (Å²) in [4.78, 5) is 0. The molecule has 2 aliphatic rings. The van der Waals surface area contributed by atoms with Crippen LogP contribution in [0.5, 0.6) is 0 Å². The molecule has 0 aromatic heterocycles. The fourth-order valence-electron chi connectivity index (χ4n) is 3.75. The van der Waals surface area contributed by atoms with E-state index in [9.17, 15) is 0 Å². The third-order valence-electron chi connectivity index (χ3n) is 5.05. The predicted molar refractivity (Wildman–Crippen MR) is 57.6 cm³/mol. The quantitative estimate of drug-likeness (QED) is 0.526. The van der Waals surface area contributed by atoms with Crippen LogP contribution in [0, 0.1) is 29.1 Å². The van der Waals surface area contributed by atoms with Crippen molar-refractivity contribution in [3.05, 3.63) is 0 Å². The Morgan fingerprint density at radius 2 is 1.62 bits per heavy atom. The zero-order valence-corrected chi connectivity index (χ0v) is 9.64. The molecule has 0 amide bonds. The van der Waals surface area contributed by atoms with Gasteiger partial charge in [-0.25, -0.2) is 0 Å². The average molecular weight is 180 g/mol. The first-order chi connectivity index (χ1) is 6.00. The van der Waals surface area contributed by atoms with Gasteiger partial charge in [-0.15, -0.1) is 0 Å². The average Bonchev–Trinajstić information content (AvgIpc) is 2.00. The molecule has 0 spiro atoms. The summed E-state index contributed by atoms with van der Waals surface area (Å²) in [6.07, 6.45) is 6.03. The van der Waals surface area contributed by atoms with Gasteiger partial charge >= 0.3 is 0 Å². The van der Waals surface area contributed by atoms with Crippen molar-refractivity contribution in [2.75, 3.05) is 0 Å². The van der Waals surface area contributed by atoms with Gasteiger partial charge in [0.05, 0.1) is 0 Å². The lowest BCUT2D eigenvalue weighted by Crippen LogP contribution is -2.42. The van der Waals surface area contributed by atoms with E-state index in [1.807, 2.05) is 0 Å². The van der Waals surface area contributed by atoms with E-state index in [1.54, 1.807) is 0 Å². The molecule has 0 saturated heterocycles. The second kappa shape index (κ2) is 3.00. The van der Waals surface area contributed by atoms with Crippen LogP contribution in [0.15, 0.2) is 0 Å². The molecule has 0 aliphatic heterocycles. The molecule has 76 valence electrons. The van der Waals surface area contributed by atoms with Gasteiger partial charge in [0.25, 0.3) is 0 Å². The van der Waals surface area contributed by atoms with Crippen LogP contribution in [0.4, 0.5) is 0 Å². The lowest BCUT2D eigenvalue weighted by atomic mass is 9.54. The minimum atomic E-state index is 0.616. The Kier molecular flexibility index (Phi) is 2.20. The number of hydrogen-bond donors (Lipinski definition) is 0. The SMILES string of the molecule is CC1CC2CC(C)C(C)(C)C(C1)C2. The predicted octanol–water partition coefficient (Wildman–Crippen LogP) is 4.10. The number of rotatable bonds is 0. The fraction of sp³-hybridized carbons (Fsp3) is 1.00. The summed E-state index contributed by atoms with van der Waals surface area (Å²) in [6, 6.07) is 0. The van der Waals surface area contributed by atoms with Gasteiger partial charge in [-0.3, -0.25) is 0 Å². The third-order valence-corrected chi connectivity index (χ3v) is 5.05. The largest absolute Gasteiger partial charge is 0.0625 e. The molecule has 0 heteroatoms. The first-order valence-corrected chi connectivity index (χ1v) is 6.00. The van der Waals surface area contributed by atoms with Crippen molar-refractivity contribution in [1.82, 2.24) is 0 Å². The first-order valence-electron chi connectivity index (χ1n) is 6.00. The normalized spacial score (nSPS) is 48.9. The van der Waals surface area contributed by atoms with E-state index in [0.29, 0.717) is 5.41 Å². The minimum Gasteiger partial charge on any atom is -0.0625 e. The molecule has 0 nitrogen and oxygen atoms in total. The molecule has 2 aliphatic carbocycles. The molecule has 2 bridgehead atoms. The van der Waals surface area contributed by atoms with Gasteiger partial charge in [0.2, 0.25) is 0 Å². The highest BCUT2D eigenvalue weighted by Crippen LogP contribution is 2.54. The Morgan fingerprint density at radius 1 is 0.923 bits per heavy atom. The Balaban J connectivity index is 2.17. The maximum Gasteiger partial charge on any atom is -0.0300 e. The highest BCUT2D eigenvalue weighted by atomic mass is 14.5. The molecule has 2 fully saturated rings. The Bertz CT molecular complexity index is 188. The second-order valence-electron chi connectivity index (χ2n) is 6.33. The van der Waals surface area contributed by atoms with Gasteiger partial charge in [-0.1, -0.05) is 27.7 Å². The van der Waals surface area contributed by atoms with E-state index in [-0.39, 0.29) is 0 Å². The second-order valence-corrected chi connectivity index (χ2v) is 6.33. The van der Waals surface area contributed by atoms with Gasteiger partial charge in [-0.05, 0) is 54.8 Å². The van der Waals surface area contributed by atoms with E-state index < -0.39 is 0 Å². The molecular weight excluding hydrogens is 156 g/mol. The van der Waals surface area contributed by atoms with E-state index in [0.717, 1.165) is 23.7 Å². The van der Waals surface area contributed by atoms with Crippen molar-refractivity contribution < 1.29 is 0 Å². The van der Waals surface area contributed by atoms with E-state index >= 15 is 0 Å². The smallest absolute Gasteiger partial charge is 0.0300 e. The van der Waals surface area contributed by atoms with E-state index in [2.05, 4.69) is 27.7 Å². The first kappa shape index (κ1) is 9.55. The van der Waals surface area contributed by atoms with Crippen LogP contribution in [0.1, 0.15) is 53.4 Å². The molecular formula is C13H24. The fourth-order valence-corrected chi connectivity index (χ4v) is 3.75. The maximum absolute atomic E-state index is 2.50. The van der Waals surface area contributed by atoms with Crippen LogP contribution in [-0.4, -0.2) is 0 Å². The number of hydrogen-bond acceptors (Lipinski definition) is 0. The molecule has 0 radical (unpaired) electrons. The van der Waals surface area contributed by atoms with Crippen molar-refractivity contribution in [2.45, 2.75) is 53.4 Å². The van der Waals surface area contributed by atoms with Gasteiger partial charge < -0.3 is 0 Å². The Hall–Kier alpha value is 0. The van der Waals surface area contributed by atoms with Crippen LogP contribution in [0.3, 0.4) is 0 Å². The van der Waals surface area contributed by atoms with Gasteiger partial charge in [0.15, 0.2) is 0 Å². The Labute approximate surface area is 83.1 Å². The van der Waals surface area contributed by atoms with Crippen molar-refractivity contribution in [3.63, 3.8) is 0 Å². The van der Waals surface area contributed by atoms with Crippen molar-refractivity contribution in [3.8, 4) is 0 Å². The van der Waals surface area contributed by atoms with Crippen LogP contribution >= 0.6 is 0 Å². The van der Waals surface area contributed by atoms with E-state index in [4.69, 9.17) is 0 Å². The molecule has 0 aromatic rings. The minimum absolute atomic E-state index is 0.616. The lowest BCUT2D eigenvalue weighted by Gasteiger charge is -2.51. The molecule has 0 aromatic carbocycles. The van der Waals surface area contributed by atoms with Crippen LogP contribution in [0.25, 0.3) is 0 Å². The molecule has 2 saturated carbocycles. The highest BCUT2D eigenvalue weighted by Gasteiger charge is 2.44. The van der Waals surface area contributed by atoms with E-state index in [1.165, 1.54) is 25.7 Å². The summed E-state index contributed by atoms with van der Waals surface area (Å²) in [5.74, 6) is 4.03. The summed E-state index contributed by atoms with van der Waals surface area (Å²) in [5.41, 5.74) is 0.616. The van der Waals surface area contributed by atoms with Crippen molar-refractivity contribution in [1.29, 1.82) is 0 Å². The molecule has 0 heterocycles. The molecule has 2 rings (SSSR count). The van der Waals surface area contributed by atoms with Crippen LogP contribution < -0.4 is 0 Å². The monoisotopic (exact) mass is 180 g/mol. The third kappa shape index (κ3) is 1.53. The maximum atomic E-state index is 2.50. The molecule has 0 N–H and O–H groups in total. The summed E-state index contributed by atoms with van der Waals surface area (Å²) in [5, 5.41) is 0.